The summed E-state index contributed by atoms with van der Waals surface area (Å²) < 4.78 is 15.1. The maximum absolute atomic E-state index is 7.14. The molecule has 2 aliphatic heterocycles. The van der Waals surface area contributed by atoms with Crippen LogP contribution in [0.3, 0.4) is 0 Å². The van der Waals surface area contributed by atoms with Gasteiger partial charge in [-0.25, -0.2) is 9.97 Å². The first-order valence-electron chi connectivity index (χ1n) is 16.6. The molecule has 2 N–H and O–H groups in total. The highest BCUT2D eigenvalue weighted by atomic mass is 79.9. The molecule has 0 fully saturated rings. The van der Waals surface area contributed by atoms with Crippen LogP contribution in [0.1, 0.15) is 22.8 Å². The Kier molecular flexibility index (Phi) is 8.75. The van der Waals surface area contributed by atoms with Crippen molar-refractivity contribution in [2.24, 2.45) is 0 Å². The number of hydrogen-bond acceptors (Lipinski definition) is 4. The largest absolute Gasteiger partial charge is 0.433 e. The molecule has 248 valence electrons. The van der Waals surface area contributed by atoms with Crippen molar-refractivity contribution in [2.75, 3.05) is 0 Å². The molecule has 10 heteroatoms. The molecule has 0 saturated carbocycles. The van der Waals surface area contributed by atoms with Crippen LogP contribution < -0.4 is 5.19 Å². The molecule has 0 saturated heterocycles. The van der Waals surface area contributed by atoms with E-state index in [4.69, 9.17) is 18.2 Å². The van der Waals surface area contributed by atoms with Crippen LogP contribution in [0.4, 0.5) is 0 Å². The molecule has 5 aromatic rings. The highest BCUT2D eigenvalue weighted by Crippen LogP contribution is 2.35. The Morgan fingerprint density at radius 1 is 0.531 bits per heavy atom. The lowest BCUT2D eigenvalue weighted by atomic mass is 10.0. The Hall–Kier alpha value is -3.91. The van der Waals surface area contributed by atoms with Crippen molar-refractivity contribution in [3.63, 3.8) is 0 Å². The number of benzene rings is 2. The number of fused-ring (bicyclic) bond motifs is 8. The zero-order valence-electron chi connectivity index (χ0n) is 29.0. The first-order valence-corrected chi connectivity index (χ1v) is 26.5. The van der Waals surface area contributed by atoms with Crippen LogP contribution in [0.15, 0.2) is 89.4 Å². The van der Waals surface area contributed by atoms with Gasteiger partial charge in [-0.15, -0.1) is 0 Å². The third-order valence-corrected chi connectivity index (χ3v) is 18.5. The minimum absolute atomic E-state index is 0.825. The fraction of sp³-hybridized carbons (Fsp3) is 0.179. The molecule has 2 aromatic carbocycles. The molecular weight excluding hydrogens is 721 g/mol. The Balaban J connectivity index is 1.65. The van der Waals surface area contributed by atoms with Crippen LogP contribution in [0.5, 0.6) is 0 Å². The van der Waals surface area contributed by atoms with E-state index in [9.17, 15) is 0 Å². The predicted octanol–water partition coefficient (Wildman–Crippen LogP) is 10.7. The number of halogens is 1. The normalized spacial score (nSPS) is 13.3. The first-order chi connectivity index (χ1) is 23.3. The average molecular weight is 762 g/mol. The Morgan fingerprint density at radius 2 is 1.02 bits per heavy atom. The lowest BCUT2D eigenvalue weighted by molar-refractivity contribution is 0.405. The molecular formula is C39H41BrN4O2Si3. The van der Waals surface area contributed by atoms with Gasteiger partial charge in [-0.3, -0.25) is 0 Å². The quantitative estimate of drug-likeness (QED) is 0.159. The molecule has 3 aromatic heterocycles. The number of aromatic amines is 2. The van der Waals surface area contributed by atoms with Crippen molar-refractivity contribution in [1.29, 1.82) is 0 Å². The van der Waals surface area contributed by atoms with Crippen LogP contribution in [0.25, 0.3) is 68.6 Å². The molecule has 7 rings (SSSR count). The summed E-state index contributed by atoms with van der Waals surface area (Å²) in [6.07, 6.45) is 8.29. The number of nitrogens with one attached hydrogen (secondary N) is 2. The third-order valence-electron chi connectivity index (χ3n) is 8.25. The van der Waals surface area contributed by atoms with Crippen molar-refractivity contribution in [2.45, 2.75) is 45.8 Å². The van der Waals surface area contributed by atoms with Gasteiger partial charge in [0, 0.05) is 38.4 Å². The lowest BCUT2D eigenvalue weighted by Crippen LogP contribution is -2.60. The van der Waals surface area contributed by atoms with E-state index in [0.29, 0.717) is 0 Å². The molecule has 0 unspecified atom stereocenters. The highest BCUT2D eigenvalue weighted by Gasteiger charge is 2.44. The van der Waals surface area contributed by atoms with E-state index in [1.807, 2.05) is 12.1 Å². The lowest BCUT2D eigenvalue weighted by Gasteiger charge is -2.38. The number of aromatic nitrogens is 4. The van der Waals surface area contributed by atoms with Crippen molar-refractivity contribution >= 4 is 92.7 Å². The van der Waals surface area contributed by atoms with Crippen molar-refractivity contribution in [1.82, 2.24) is 19.9 Å². The first kappa shape index (κ1) is 33.6. The fourth-order valence-corrected chi connectivity index (χ4v) is 18.9. The van der Waals surface area contributed by atoms with E-state index in [-0.39, 0.29) is 0 Å². The van der Waals surface area contributed by atoms with Gasteiger partial charge >= 0.3 is 8.56 Å². The molecule has 0 radical (unpaired) electrons. The van der Waals surface area contributed by atoms with E-state index in [1.165, 1.54) is 0 Å². The Bertz CT molecular complexity index is 2270. The summed E-state index contributed by atoms with van der Waals surface area (Å²) in [6.45, 7) is 15.7. The van der Waals surface area contributed by atoms with Gasteiger partial charge in [-0.05, 0) is 121 Å². The number of hydrogen-bond donors (Lipinski definition) is 2. The maximum Gasteiger partial charge on any atom is 0.350 e. The predicted molar refractivity (Wildman–Crippen MR) is 218 cm³/mol. The number of rotatable bonds is 7. The standard InChI is InChI=1S/C39H41BrN4O2Si3/c1-47(2,3)45-49(7,46-48(4,5)6)36-25-35-38(27-16-12-9-13-17-27)31-21-23-33(43-31)39(40)32-22-20-30(42-32)37(26-14-10-8-11-15-26)29-19-18-28(41-29)24-34(36)44-35/h8-25,41,44H,1-7H3. The topological polar surface area (TPSA) is 75.8 Å². The molecule has 2 aliphatic rings. The summed E-state index contributed by atoms with van der Waals surface area (Å²) in [5.74, 6) is 0. The van der Waals surface area contributed by atoms with Crippen molar-refractivity contribution in [3.8, 4) is 22.3 Å². The minimum atomic E-state index is -2.94. The van der Waals surface area contributed by atoms with Crippen molar-refractivity contribution < 1.29 is 8.23 Å². The molecule has 0 aliphatic carbocycles. The van der Waals surface area contributed by atoms with Crippen LogP contribution >= 0.6 is 15.9 Å². The maximum atomic E-state index is 7.14. The van der Waals surface area contributed by atoms with Gasteiger partial charge in [0.1, 0.15) is 0 Å². The molecule has 6 nitrogen and oxygen atoms in total. The van der Waals surface area contributed by atoms with Crippen LogP contribution in [0, 0.1) is 0 Å². The summed E-state index contributed by atoms with van der Waals surface area (Å²) in [5.41, 5.74) is 11.5. The minimum Gasteiger partial charge on any atom is -0.433 e. The van der Waals surface area contributed by atoms with Crippen LogP contribution in [0.2, 0.25) is 45.8 Å². The van der Waals surface area contributed by atoms with E-state index in [0.717, 1.165) is 76.8 Å². The third kappa shape index (κ3) is 7.07. The summed E-state index contributed by atoms with van der Waals surface area (Å²) >= 11 is 3.88. The van der Waals surface area contributed by atoms with Crippen LogP contribution in [-0.2, 0) is 8.23 Å². The van der Waals surface area contributed by atoms with E-state index < -0.39 is 25.2 Å². The van der Waals surface area contributed by atoms with Crippen LogP contribution in [-0.4, -0.2) is 45.1 Å². The highest BCUT2D eigenvalue weighted by molar-refractivity contribution is 9.10. The van der Waals surface area contributed by atoms with Crippen molar-refractivity contribution in [3.05, 3.63) is 112 Å². The number of nitrogens with zero attached hydrogens (tertiary/aromatic N) is 2. The van der Waals surface area contributed by atoms with Gasteiger partial charge in [0.25, 0.3) is 0 Å². The van der Waals surface area contributed by atoms with Gasteiger partial charge in [0.15, 0.2) is 16.6 Å². The SMILES string of the molecule is C[Si](C)(C)O[Si](C)(O[Si](C)(C)C)c1cc2[nH]c1cc1ccc([nH]1)c(-c1ccccc1)c1nc(c(Br)c3nc(c2-c2ccccc2)C=C3)C=C1. The summed E-state index contributed by atoms with van der Waals surface area (Å²) in [4.78, 5) is 17.9. The average Bonchev–Trinajstić information content (AvgIpc) is 3.85. The molecule has 0 atom stereocenters. The van der Waals surface area contributed by atoms with Gasteiger partial charge in [-0.2, -0.15) is 0 Å². The fourth-order valence-electron chi connectivity index (χ4n) is 6.66. The Labute approximate surface area is 299 Å². The second-order valence-electron chi connectivity index (χ2n) is 14.6. The summed E-state index contributed by atoms with van der Waals surface area (Å²) in [5, 5.41) is 1.09. The molecule has 5 heterocycles. The molecule has 49 heavy (non-hydrogen) atoms. The van der Waals surface area contributed by atoms with Gasteiger partial charge in [-0.1, -0.05) is 60.7 Å². The van der Waals surface area contributed by atoms with Gasteiger partial charge in [0.05, 0.1) is 27.2 Å². The number of H-pyrrole nitrogens is 2. The smallest absolute Gasteiger partial charge is 0.350 e. The second kappa shape index (κ2) is 12.8. The molecule has 0 spiro atoms. The van der Waals surface area contributed by atoms with E-state index in [2.05, 4.69) is 169 Å². The zero-order valence-corrected chi connectivity index (χ0v) is 33.6. The summed E-state index contributed by atoms with van der Waals surface area (Å²) in [6, 6.07) is 29.6. The Morgan fingerprint density at radius 3 is 1.53 bits per heavy atom. The molecule has 8 bridgehead atoms. The summed E-state index contributed by atoms with van der Waals surface area (Å²) in [7, 11) is -7.00. The monoisotopic (exact) mass is 760 g/mol. The second-order valence-corrected chi connectivity index (χ2v) is 27.9. The van der Waals surface area contributed by atoms with E-state index in [1.54, 1.807) is 0 Å². The van der Waals surface area contributed by atoms with E-state index >= 15 is 0 Å². The van der Waals surface area contributed by atoms with Gasteiger partial charge < -0.3 is 18.2 Å². The molecule has 0 amide bonds. The zero-order chi connectivity index (χ0) is 34.6. The van der Waals surface area contributed by atoms with Gasteiger partial charge in [0.2, 0.25) is 0 Å².